The molecule has 110 valence electrons. The fraction of sp³-hybridized carbons (Fsp3) is 0.412. The topological polar surface area (TPSA) is 46.4 Å². The Hall–Kier alpha value is -2.10. The zero-order chi connectivity index (χ0) is 14.7. The second kappa shape index (κ2) is 6.12. The lowest BCUT2D eigenvalue weighted by molar-refractivity contribution is 0.0955. The summed E-state index contributed by atoms with van der Waals surface area (Å²) in [5, 5.41) is 3.01. The zero-order valence-corrected chi connectivity index (χ0v) is 12.4. The molecule has 0 saturated heterocycles. The third-order valence-electron chi connectivity index (χ3n) is 3.96. The van der Waals surface area contributed by atoms with Crippen LogP contribution in [0, 0.1) is 6.92 Å². The first kappa shape index (κ1) is 13.9. The number of rotatable bonds is 4. The molecule has 0 bridgehead atoms. The van der Waals surface area contributed by atoms with E-state index in [-0.39, 0.29) is 5.91 Å². The van der Waals surface area contributed by atoms with Gasteiger partial charge in [-0.15, -0.1) is 0 Å². The number of fused-ring (bicyclic) bond motifs is 1. The third kappa shape index (κ3) is 3.15. The van der Waals surface area contributed by atoms with Crippen LogP contribution in [0.1, 0.15) is 48.2 Å². The first-order valence-corrected chi connectivity index (χ1v) is 7.64. The van der Waals surface area contributed by atoms with E-state index in [9.17, 15) is 4.79 Å². The number of amides is 1. The Balaban J connectivity index is 1.65. The molecule has 2 aromatic rings. The average molecular weight is 283 g/mol. The molecule has 1 N–H and O–H groups in total. The van der Waals surface area contributed by atoms with Gasteiger partial charge in [-0.2, -0.15) is 0 Å². The summed E-state index contributed by atoms with van der Waals surface area (Å²) < 4.78 is 1.90. The van der Waals surface area contributed by atoms with Gasteiger partial charge in [0, 0.05) is 18.9 Å². The normalized spacial score (nSPS) is 15.0. The van der Waals surface area contributed by atoms with Crippen LogP contribution in [-0.4, -0.2) is 21.8 Å². The lowest BCUT2D eigenvalue weighted by atomic mass is 9.97. The van der Waals surface area contributed by atoms with E-state index in [0.717, 1.165) is 17.8 Å². The molecule has 21 heavy (non-hydrogen) atoms. The number of nitrogens with zero attached hydrogens (tertiary/aromatic N) is 2. The summed E-state index contributed by atoms with van der Waals surface area (Å²) in [6, 6.07) is 3.71. The number of allylic oxidation sites excluding steroid dienone is 1. The third-order valence-corrected chi connectivity index (χ3v) is 3.96. The Morgan fingerprint density at radius 2 is 2.33 bits per heavy atom. The van der Waals surface area contributed by atoms with Crippen molar-refractivity contribution in [1.29, 1.82) is 0 Å². The Morgan fingerprint density at radius 3 is 3.14 bits per heavy atom. The summed E-state index contributed by atoms with van der Waals surface area (Å²) in [5.41, 5.74) is 3.77. The summed E-state index contributed by atoms with van der Waals surface area (Å²) in [5.74, 6) is -0.0393. The molecule has 0 unspecified atom stereocenters. The van der Waals surface area contributed by atoms with Crippen LogP contribution >= 0.6 is 0 Å². The second-order valence-electron chi connectivity index (χ2n) is 5.65. The molecule has 1 amide bonds. The molecule has 0 saturated carbocycles. The van der Waals surface area contributed by atoms with Crippen molar-refractivity contribution in [2.75, 3.05) is 6.54 Å². The molecule has 2 aromatic heterocycles. The summed E-state index contributed by atoms with van der Waals surface area (Å²) >= 11 is 0. The van der Waals surface area contributed by atoms with E-state index in [1.165, 1.54) is 31.3 Å². The van der Waals surface area contributed by atoms with Gasteiger partial charge < -0.3 is 9.72 Å². The maximum absolute atomic E-state index is 12.3. The van der Waals surface area contributed by atoms with Crippen LogP contribution in [0.15, 0.2) is 36.2 Å². The molecule has 3 rings (SSSR count). The highest BCUT2D eigenvalue weighted by Gasteiger charge is 2.12. The van der Waals surface area contributed by atoms with Crippen molar-refractivity contribution in [1.82, 2.24) is 14.7 Å². The van der Waals surface area contributed by atoms with Crippen LogP contribution in [0.25, 0.3) is 5.65 Å². The fourth-order valence-electron chi connectivity index (χ4n) is 2.88. The lowest BCUT2D eigenvalue weighted by Crippen LogP contribution is -2.25. The van der Waals surface area contributed by atoms with Crippen molar-refractivity contribution in [2.45, 2.75) is 39.0 Å². The molecule has 0 fully saturated rings. The molecule has 0 spiro atoms. The van der Waals surface area contributed by atoms with E-state index in [0.29, 0.717) is 12.1 Å². The molecule has 1 aliphatic rings. The van der Waals surface area contributed by atoms with Crippen LogP contribution in [0.3, 0.4) is 0 Å². The standard InChI is InChI=1S/C17H21N3O/c1-13-12-20-11-5-8-15(16(20)19-13)17(21)18-10-9-14-6-3-2-4-7-14/h5-6,8,11-12H,2-4,7,9-10H2,1H3,(H,18,21). The van der Waals surface area contributed by atoms with E-state index in [1.807, 2.05) is 35.9 Å². The molecule has 1 aliphatic carbocycles. The Labute approximate surface area is 124 Å². The van der Waals surface area contributed by atoms with Crippen molar-refractivity contribution < 1.29 is 4.79 Å². The van der Waals surface area contributed by atoms with Gasteiger partial charge in [0.2, 0.25) is 0 Å². The number of nitrogens with one attached hydrogen (secondary N) is 1. The first-order chi connectivity index (χ1) is 10.2. The minimum absolute atomic E-state index is 0.0393. The maximum Gasteiger partial charge on any atom is 0.255 e. The van der Waals surface area contributed by atoms with Gasteiger partial charge in [0.25, 0.3) is 5.91 Å². The van der Waals surface area contributed by atoms with Gasteiger partial charge in [0.15, 0.2) is 0 Å². The van der Waals surface area contributed by atoms with E-state index in [2.05, 4.69) is 16.4 Å². The minimum Gasteiger partial charge on any atom is -0.352 e. The van der Waals surface area contributed by atoms with Crippen LogP contribution in [0.4, 0.5) is 0 Å². The highest BCUT2D eigenvalue weighted by molar-refractivity contribution is 5.99. The Morgan fingerprint density at radius 1 is 1.43 bits per heavy atom. The quantitative estimate of drug-likeness (QED) is 0.875. The van der Waals surface area contributed by atoms with Gasteiger partial charge in [-0.25, -0.2) is 4.98 Å². The number of hydrogen-bond acceptors (Lipinski definition) is 2. The lowest BCUT2D eigenvalue weighted by Gasteiger charge is -2.13. The van der Waals surface area contributed by atoms with Crippen molar-refractivity contribution in [2.24, 2.45) is 0 Å². The van der Waals surface area contributed by atoms with Gasteiger partial charge >= 0.3 is 0 Å². The van der Waals surface area contributed by atoms with Crippen molar-refractivity contribution >= 4 is 11.6 Å². The second-order valence-corrected chi connectivity index (χ2v) is 5.65. The smallest absolute Gasteiger partial charge is 0.255 e. The molecule has 0 atom stereocenters. The molecule has 0 aromatic carbocycles. The van der Waals surface area contributed by atoms with Crippen molar-refractivity contribution in [3.63, 3.8) is 0 Å². The van der Waals surface area contributed by atoms with E-state index in [1.54, 1.807) is 0 Å². The van der Waals surface area contributed by atoms with Crippen molar-refractivity contribution in [3.05, 3.63) is 47.4 Å². The fourth-order valence-corrected chi connectivity index (χ4v) is 2.88. The van der Waals surface area contributed by atoms with Crippen molar-refractivity contribution in [3.8, 4) is 0 Å². The largest absolute Gasteiger partial charge is 0.352 e. The summed E-state index contributed by atoms with van der Waals surface area (Å²) in [7, 11) is 0. The van der Waals surface area contributed by atoms with Crippen LogP contribution in [0.2, 0.25) is 0 Å². The van der Waals surface area contributed by atoms with E-state index >= 15 is 0 Å². The van der Waals surface area contributed by atoms with Gasteiger partial charge in [0.05, 0.1) is 11.3 Å². The molecule has 4 nitrogen and oxygen atoms in total. The predicted octanol–water partition coefficient (Wildman–Crippen LogP) is 3.26. The number of carbonyl (C=O) groups excluding carboxylic acids is 1. The molecule has 0 aliphatic heterocycles. The minimum atomic E-state index is -0.0393. The Kier molecular flexibility index (Phi) is 4.04. The first-order valence-electron chi connectivity index (χ1n) is 7.64. The maximum atomic E-state index is 12.3. The van der Waals surface area contributed by atoms with Crippen LogP contribution in [-0.2, 0) is 0 Å². The molecular formula is C17H21N3O. The molecule has 0 radical (unpaired) electrons. The Bertz CT molecular complexity index is 684. The van der Waals surface area contributed by atoms with E-state index < -0.39 is 0 Å². The highest BCUT2D eigenvalue weighted by Crippen LogP contribution is 2.19. The molecule has 2 heterocycles. The summed E-state index contributed by atoms with van der Waals surface area (Å²) in [6.45, 7) is 2.63. The monoisotopic (exact) mass is 283 g/mol. The number of aryl methyl sites for hydroxylation is 1. The zero-order valence-electron chi connectivity index (χ0n) is 12.4. The highest BCUT2D eigenvalue weighted by atomic mass is 16.1. The average Bonchev–Trinajstić information content (AvgIpc) is 2.88. The predicted molar refractivity (Wildman–Crippen MR) is 83.4 cm³/mol. The van der Waals surface area contributed by atoms with E-state index in [4.69, 9.17) is 0 Å². The molecule has 4 heteroatoms. The van der Waals surface area contributed by atoms with Crippen LogP contribution in [0.5, 0.6) is 0 Å². The van der Waals surface area contributed by atoms with Gasteiger partial charge in [0.1, 0.15) is 5.65 Å². The summed E-state index contributed by atoms with van der Waals surface area (Å²) in [4.78, 5) is 16.7. The number of hydrogen-bond donors (Lipinski definition) is 1. The number of imidazole rings is 1. The number of aromatic nitrogens is 2. The number of carbonyl (C=O) groups is 1. The van der Waals surface area contributed by atoms with Crippen LogP contribution < -0.4 is 5.32 Å². The van der Waals surface area contributed by atoms with Gasteiger partial charge in [-0.1, -0.05) is 11.6 Å². The molecular weight excluding hydrogens is 262 g/mol. The SMILES string of the molecule is Cc1cn2cccc(C(=O)NCCC3=CCCCC3)c2n1. The van der Waals surface area contributed by atoms with Gasteiger partial charge in [-0.05, 0) is 51.2 Å². The van der Waals surface area contributed by atoms with Gasteiger partial charge in [-0.3, -0.25) is 4.79 Å². The summed E-state index contributed by atoms with van der Waals surface area (Å²) in [6.07, 6.45) is 12.1. The number of pyridine rings is 1.